The number of rotatable bonds is 5. The van der Waals surface area contributed by atoms with Crippen molar-refractivity contribution in [3.8, 4) is 11.5 Å². The molecule has 2 aliphatic rings. The van der Waals surface area contributed by atoms with Crippen LogP contribution in [0.15, 0.2) is 52.7 Å². The molecule has 7 nitrogen and oxygen atoms in total. The third-order valence-corrected chi connectivity index (χ3v) is 6.02. The number of anilines is 1. The van der Waals surface area contributed by atoms with Gasteiger partial charge in [0.25, 0.3) is 0 Å². The maximum atomic E-state index is 13.6. The summed E-state index contributed by atoms with van der Waals surface area (Å²) in [5.41, 5.74) is 3.58. The SMILES string of the molecule is COc1cccc([C@H]2C3=C(CCCC3=O)N=C(C)C2C(=O)Nc2cccc(C)n2)c1OC. The van der Waals surface area contributed by atoms with E-state index >= 15 is 0 Å². The lowest BCUT2D eigenvalue weighted by Gasteiger charge is -2.35. The molecule has 1 aliphatic carbocycles. The summed E-state index contributed by atoms with van der Waals surface area (Å²) in [6, 6.07) is 11.0. The number of pyridine rings is 1. The van der Waals surface area contributed by atoms with Gasteiger partial charge in [0, 0.05) is 40.6 Å². The molecule has 32 heavy (non-hydrogen) atoms. The van der Waals surface area contributed by atoms with Gasteiger partial charge in [0.05, 0.1) is 20.1 Å². The van der Waals surface area contributed by atoms with Crippen molar-refractivity contribution in [2.45, 2.75) is 39.0 Å². The normalized spacial score (nSPS) is 20.4. The van der Waals surface area contributed by atoms with E-state index in [-0.39, 0.29) is 11.7 Å². The Bertz CT molecular complexity index is 1140. The fraction of sp³-hybridized carbons (Fsp3) is 0.360. The lowest BCUT2D eigenvalue weighted by molar-refractivity contribution is -0.119. The van der Waals surface area contributed by atoms with Gasteiger partial charge in [-0.15, -0.1) is 0 Å². The van der Waals surface area contributed by atoms with Crippen molar-refractivity contribution in [1.29, 1.82) is 0 Å². The summed E-state index contributed by atoms with van der Waals surface area (Å²) >= 11 is 0. The number of amides is 1. The number of nitrogens with one attached hydrogen (secondary N) is 1. The molecule has 1 aromatic carbocycles. The van der Waals surface area contributed by atoms with Gasteiger partial charge < -0.3 is 14.8 Å². The number of Topliss-reactive ketones (excluding diaryl/α,β-unsaturated/α-hetero) is 1. The van der Waals surface area contributed by atoms with E-state index in [2.05, 4.69) is 10.3 Å². The first-order valence-electron chi connectivity index (χ1n) is 10.7. The number of methoxy groups -OCH3 is 2. The van der Waals surface area contributed by atoms with Crippen LogP contribution in [0.1, 0.15) is 43.4 Å². The van der Waals surface area contributed by atoms with Gasteiger partial charge >= 0.3 is 0 Å². The van der Waals surface area contributed by atoms with E-state index in [0.29, 0.717) is 35.0 Å². The summed E-state index contributed by atoms with van der Waals surface area (Å²) in [6.07, 6.45) is 1.93. The van der Waals surface area contributed by atoms with Crippen LogP contribution >= 0.6 is 0 Å². The number of aliphatic imine (C=N–C) groups is 1. The fourth-order valence-electron chi connectivity index (χ4n) is 4.66. The Hall–Kier alpha value is -3.48. The second kappa shape index (κ2) is 8.94. The maximum Gasteiger partial charge on any atom is 0.235 e. The number of hydrogen-bond donors (Lipinski definition) is 1. The first-order valence-corrected chi connectivity index (χ1v) is 10.7. The van der Waals surface area contributed by atoms with Crippen LogP contribution in [-0.4, -0.2) is 36.6 Å². The fourth-order valence-corrected chi connectivity index (χ4v) is 4.66. The predicted molar refractivity (Wildman–Crippen MR) is 122 cm³/mol. The molecule has 1 aliphatic heterocycles. The van der Waals surface area contributed by atoms with E-state index in [1.54, 1.807) is 26.4 Å². The Morgan fingerprint density at radius 3 is 2.56 bits per heavy atom. The third-order valence-electron chi connectivity index (χ3n) is 6.02. The van der Waals surface area contributed by atoms with Gasteiger partial charge in [-0.05, 0) is 44.9 Å². The van der Waals surface area contributed by atoms with Crippen LogP contribution in [0.2, 0.25) is 0 Å². The lowest BCUT2D eigenvalue weighted by Crippen LogP contribution is -2.39. The van der Waals surface area contributed by atoms with Gasteiger partial charge in [-0.2, -0.15) is 0 Å². The smallest absolute Gasteiger partial charge is 0.235 e. The van der Waals surface area contributed by atoms with Crippen molar-refractivity contribution >= 4 is 23.2 Å². The highest BCUT2D eigenvalue weighted by Crippen LogP contribution is 2.48. The zero-order valence-electron chi connectivity index (χ0n) is 18.8. The van der Waals surface area contributed by atoms with E-state index in [4.69, 9.17) is 14.5 Å². The van der Waals surface area contributed by atoms with Crippen molar-refractivity contribution in [3.63, 3.8) is 0 Å². The van der Waals surface area contributed by atoms with Crippen molar-refractivity contribution in [2.75, 3.05) is 19.5 Å². The second-order valence-electron chi connectivity index (χ2n) is 8.08. The number of aryl methyl sites for hydroxylation is 1. The monoisotopic (exact) mass is 433 g/mol. The summed E-state index contributed by atoms with van der Waals surface area (Å²) in [5.74, 6) is 0.104. The highest BCUT2D eigenvalue weighted by atomic mass is 16.5. The Morgan fingerprint density at radius 2 is 1.84 bits per heavy atom. The molecule has 166 valence electrons. The molecule has 1 unspecified atom stereocenters. The Kier molecular flexibility index (Phi) is 6.08. The largest absolute Gasteiger partial charge is 0.493 e. The minimum absolute atomic E-state index is 0.0313. The van der Waals surface area contributed by atoms with Crippen molar-refractivity contribution in [3.05, 3.63) is 58.9 Å². The summed E-state index contributed by atoms with van der Waals surface area (Å²) in [4.78, 5) is 35.8. The quantitative estimate of drug-likeness (QED) is 0.762. The second-order valence-corrected chi connectivity index (χ2v) is 8.08. The Balaban J connectivity index is 1.85. The first-order chi connectivity index (χ1) is 15.4. The number of para-hydroxylation sites is 1. The minimum Gasteiger partial charge on any atom is -0.493 e. The number of ketones is 1. The minimum atomic E-state index is -0.681. The predicted octanol–water partition coefficient (Wildman–Crippen LogP) is 4.23. The van der Waals surface area contributed by atoms with Gasteiger partial charge in [0.2, 0.25) is 5.91 Å². The van der Waals surface area contributed by atoms with Crippen LogP contribution in [0.25, 0.3) is 0 Å². The molecule has 2 heterocycles. The molecule has 1 amide bonds. The standard InChI is InChI=1S/C25H27N3O4/c1-14-8-5-13-20(26-14)28-25(30)21-15(2)27-17-10-7-11-18(29)23(17)22(21)16-9-6-12-19(31-3)24(16)32-4/h5-6,8-9,12-13,21-22H,7,10-11H2,1-4H3,(H,26,28,30)/t21?,22-/m1/s1. The Labute approximate surface area is 187 Å². The van der Waals surface area contributed by atoms with Gasteiger partial charge in [0.1, 0.15) is 5.82 Å². The van der Waals surface area contributed by atoms with Crippen molar-refractivity contribution in [1.82, 2.24) is 4.98 Å². The highest BCUT2D eigenvalue weighted by Gasteiger charge is 2.43. The summed E-state index contributed by atoms with van der Waals surface area (Å²) in [7, 11) is 3.13. The molecule has 4 rings (SSSR count). The van der Waals surface area contributed by atoms with E-state index in [1.807, 2.05) is 38.1 Å². The van der Waals surface area contributed by atoms with Crippen LogP contribution in [0.3, 0.4) is 0 Å². The van der Waals surface area contributed by atoms with Crippen LogP contribution in [0.5, 0.6) is 11.5 Å². The summed E-state index contributed by atoms with van der Waals surface area (Å²) < 4.78 is 11.2. The number of carbonyl (C=O) groups excluding carboxylic acids is 2. The van der Waals surface area contributed by atoms with E-state index in [1.165, 1.54) is 0 Å². The van der Waals surface area contributed by atoms with Crippen LogP contribution < -0.4 is 14.8 Å². The van der Waals surface area contributed by atoms with E-state index in [9.17, 15) is 9.59 Å². The molecule has 2 atom stereocenters. The Morgan fingerprint density at radius 1 is 1.06 bits per heavy atom. The number of nitrogens with zero attached hydrogens (tertiary/aromatic N) is 2. The molecular weight excluding hydrogens is 406 g/mol. The molecular formula is C25H27N3O4. The van der Waals surface area contributed by atoms with Crippen LogP contribution in [0.4, 0.5) is 5.82 Å². The zero-order valence-corrected chi connectivity index (χ0v) is 18.8. The number of allylic oxidation sites excluding steroid dienone is 2. The number of hydrogen-bond acceptors (Lipinski definition) is 6. The van der Waals surface area contributed by atoms with Gasteiger partial charge in [-0.1, -0.05) is 18.2 Å². The number of aromatic nitrogens is 1. The van der Waals surface area contributed by atoms with Gasteiger partial charge in [-0.3, -0.25) is 14.6 Å². The summed E-state index contributed by atoms with van der Waals surface area (Å²) in [5, 5.41) is 2.92. The highest BCUT2D eigenvalue weighted by molar-refractivity contribution is 6.13. The molecule has 0 saturated carbocycles. The summed E-state index contributed by atoms with van der Waals surface area (Å²) in [6.45, 7) is 3.71. The average Bonchev–Trinajstić information content (AvgIpc) is 2.77. The zero-order chi connectivity index (χ0) is 22.8. The van der Waals surface area contributed by atoms with Crippen molar-refractivity contribution in [2.24, 2.45) is 10.9 Å². The molecule has 1 N–H and O–H groups in total. The maximum absolute atomic E-state index is 13.6. The van der Waals surface area contributed by atoms with Crippen LogP contribution in [0, 0.1) is 12.8 Å². The molecule has 0 saturated heterocycles. The van der Waals surface area contributed by atoms with Crippen LogP contribution in [-0.2, 0) is 9.59 Å². The number of carbonyl (C=O) groups is 2. The molecule has 0 spiro atoms. The topological polar surface area (TPSA) is 89.9 Å². The van der Waals surface area contributed by atoms with E-state index < -0.39 is 11.8 Å². The lowest BCUT2D eigenvalue weighted by atomic mass is 9.71. The van der Waals surface area contributed by atoms with Gasteiger partial charge in [0.15, 0.2) is 17.3 Å². The van der Waals surface area contributed by atoms with Crippen molar-refractivity contribution < 1.29 is 19.1 Å². The average molecular weight is 434 g/mol. The number of benzene rings is 1. The molecule has 0 fully saturated rings. The number of ether oxygens (including phenoxy) is 2. The molecule has 1 aromatic heterocycles. The van der Waals surface area contributed by atoms with Gasteiger partial charge in [-0.25, -0.2) is 4.98 Å². The van der Waals surface area contributed by atoms with E-state index in [0.717, 1.165) is 29.8 Å². The molecule has 7 heteroatoms. The first kappa shape index (κ1) is 21.7. The molecule has 0 radical (unpaired) electrons. The molecule has 2 aromatic rings. The molecule has 0 bridgehead atoms. The third kappa shape index (κ3) is 3.90.